The molecule has 0 N–H and O–H groups in total. The summed E-state index contributed by atoms with van der Waals surface area (Å²) in [5, 5.41) is 6.98. The van der Waals surface area contributed by atoms with Gasteiger partial charge in [0.05, 0.1) is 18.6 Å². The zero-order chi connectivity index (χ0) is 12.1. The molecular weight excluding hydrogens is 222 g/mol. The van der Waals surface area contributed by atoms with Gasteiger partial charge in [-0.05, 0) is 23.6 Å². The van der Waals surface area contributed by atoms with E-state index >= 15 is 0 Å². The van der Waals surface area contributed by atoms with Crippen molar-refractivity contribution in [3.63, 3.8) is 0 Å². The van der Waals surface area contributed by atoms with E-state index in [2.05, 4.69) is 59.5 Å². The third-order valence-corrected chi connectivity index (χ3v) is 3.52. The lowest BCUT2D eigenvalue weighted by Gasteiger charge is -2.21. The van der Waals surface area contributed by atoms with Gasteiger partial charge >= 0.3 is 5.82 Å². The van der Waals surface area contributed by atoms with Crippen molar-refractivity contribution in [3.05, 3.63) is 54.7 Å². The molecule has 0 atom stereocenters. The molecule has 0 bridgehead atoms. The van der Waals surface area contributed by atoms with Gasteiger partial charge in [0.2, 0.25) is 0 Å². The van der Waals surface area contributed by atoms with Crippen LogP contribution in [-0.2, 0) is 0 Å². The van der Waals surface area contributed by atoms with Crippen LogP contribution in [-0.4, -0.2) is 12.1 Å². The van der Waals surface area contributed by atoms with Crippen LogP contribution in [0.1, 0.15) is 0 Å². The first-order chi connectivity index (χ1) is 8.86. The van der Waals surface area contributed by atoms with Crippen molar-refractivity contribution in [1.29, 1.82) is 0 Å². The van der Waals surface area contributed by atoms with Gasteiger partial charge in [-0.3, -0.25) is 0 Å². The number of aromatic nitrogens is 2. The Morgan fingerprint density at radius 3 is 2.72 bits per heavy atom. The van der Waals surface area contributed by atoms with Gasteiger partial charge < -0.3 is 0 Å². The van der Waals surface area contributed by atoms with E-state index in [0.29, 0.717) is 0 Å². The van der Waals surface area contributed by atoms with Crippen LogP contribution in [0.5, 0.6) is 0 Å². The predicted octanol–water partition coefficient (Wildman–Crippen LogP) is 2.59. The van der Waals surface area contributed by atoms with E-state index in [9.17, 15) is 0 Å². The Hall–Kier alpha value is -2.42. The largest absolute Gasteiger partial charge is 0.307 e. The van der Waals surface area contributed by atoms with E-state index in [0.717, 1.165) is 11.5 Å². The molecule has 0 spiro atoms. The Bertz CT molecular complexity index is 759. The molecule has 2 aromatic carbocycles. The molecule has 3 heteroatoms. The molecule has 0 fully saturated rings. The molecule has 0 saturated carbocycles. The van der Waals surface area contributed by atoms with E-state index in [1.54, 1.807) is 0 Å². The van der Waals surface area contributed by atoms with Crippen LogP contribution in [0.2, 0.25) is 0 Å². The van der Waals surface area contributed by atoms with Crippen LogP contribution in [0.15, 0.2) is 54.7 Å². The molecule has 1 aromatic heterocycles. The Morgan fingerprint density at radius 1 is 1.00 bits per heavy atom. The van der Waals surface area contributed by atoms with E-state index in [1.165, 1.54) is 16.5 Å². The molecule has 4 rings (SSSR count). The number of hydrogen-bond donors (Lipinski definition) is 0. The normalized spacial score (nSPS) is 12.6. The molecule has 1 aliphatic heterocycles. The zero-order valence-electron chi connectivity index (χ0n) is 10.0. The Labute approximate surface area is 105 Å². The van der Waals surface area contributed by atoms with Gasteiger partial charge in [0.1, 0.15) is 5.69 Å². The Balaban J connectivity index is 2.24. The molecular formula is C15H12N3+. The lowest BCUT2D eigenvalue weighted by atomic mass is 10.0. The summed E-state index contributed by atoms with van der Waals surface area (Å²) < 4.78 is 2.00. The fourth-order valence-electron chi connectivity index (χ4n) is 2.68. The van der Waals surface area contributed by atoms with Crippen molar-refractivity contribution < 1.29 is 4.68 Å². The van der Waals surface area contributed by atoms with Crippen LogP contribution >= 0.6 is 0 Å². The number of anilines is 2. The van der Waals surface area contributed by atoms with E-state index in [-0.39, 0.29) is 0 Å². The van der Waals surface area contributed by atoms with Gasteiger partial charge in [-0.1, -0.05) is 34.0 Å². The minimum Gasteiger partial charge on any atom is -0.227 e. The predicted molar refractivity (Wildman–Crippen MR) is 71.3 cm³/mol. The van der Waals surface area contributed by atoms with Gasteiger partial charge in [-0.25, -0.2) is 4.90 Å². The maximum absolute atomic E-state index is 4.47. The summed E-state index contributed by atoms with van der Waals surface area (Å²) in [5.74, 6) is 1.09. The molecule has 0 amide bonds. The second-order valence-corrected chi connectivity index (χ2v) is 4.51. The number of hydrogen-bond acceptors (Lipinski definition) is 2. The lowest BCUT2D eigenvalue weighted by Crippen LogP contribution is -2.43. The molecule has 1 aliphatic rings. The quantitative estimate of drug-likeness (QED) is 0.557. The third kappa shape index (κ3) is 1.08. The van der Waals surface area contributed by atoms with Crippen molar-refractivity contribution >= 4 is 22.3 Å². The molecule has 3 aromatic rings. The molecule has 0 unspecified atom stereocenters. The van der Waals surface area contributed by atoms with Gasteiger partial charge in [-0.2, -0.15) is 0 Å². The van der Waals surface area contributed by atoms with Crippen LogP contribution in [0, 0.1) is 0 Å². The average Bonchev–Trinajstić information content (AvgIpc) is 2.44. The highest BCUT2D eigenvalue weighted by atomic mass is 15.4. The first-order valence-corrected chi connectivity index (χ1v) is 5.99. The van der Waals surface area contributed by atoms with Gasteiger partial charge in [0.15, 0.2) is 5.69 Å². The molecule has 86 valence electrons. The highest BCUT2D eigenvalue weighted by Crippen LogP contribution is 2.35. The Kier molecular flexibility index (Phi) is 1.75. The van der Waals surface area contributed by atoms with Crippen LogP contribution in [0.3, 0.4) is 0 Å². The summed E-state index contributed by atoms with van der Waals surface area (Å²) in [4.78, 5) is 2.18. The molecule has 2 heterocycles. The van der Waals surface area contributed by atoms with Crippen molar-refractivity contribution in [2.24, 2.45) is 0 Å². The number of nitrogens with zero attached hydrogens (tertiary/aromatic N) is 3. The highest BCUT2D eigenvalue weighted by molar-refractivity contribution is 6.01. The average molecular weight is 234 g/mol. The summed E-state index contributed by atoms with van der Waals surface area (Å²) in [5.41, 5.74) is 2.38. The summed E-state index contributed by atoms with van der Waals surface area (Å²) in [6.07, 6.45) is 1.82. The second-order valence-electron chi connectivity index (χ2n) is 4.51. The van der Waals surface area contributed by atoms with Crippen LogP contribution in [0.4, 0.5) is 11.5 Å². The van der Waals surface area contributed by atoms with Crippen LogP contribution < -0.4 is 9.58 Å². The Morgan fingerprint density at radius 2 is 1.83 bits per heavy atom. The van der Waals surface area contributed by atoms with Crippen molar-refractivity contribution in [2.45, 2.75) is 0 Å². The van der Waals surface area contributed by atoms with Crippen molar-refractivity contribution in [1.82, 2.24) is 5.10 Å². The van der Waals surface area contributed by atoms with Gasteiger partial charge in [0.25, 0.3) is 0 Å². The van der Waals surface area contributed by atoms with Crippen molar-refractivity contribution in [3.8, 4) is 5.69 Å². The minimum absolute atomic E-state index is 1.09. The monoisotopic (exact) mass is 234 g/mol. The summed E-state index contributed by atoms with van der Waals surface area (Å²) in [7, 11) is 2.08. The molecule has 0 radical (unpaired) electrons. The topological polar surface area (TPSA) is 20.0 Å². The fourth-order valence-corrected chi connectivity index (χ4v) is 2.68. The summed E-state index contributed by atoms with van der Waals surface area (Å²) in [6, 6.07) is 16.8. The molecule has 3 nitrogen and oxygen atoms in total. The van der Waals surface area contributed by atoms with E-state index in [4.69, 9.17) is 0 Å². The summed E-state index contributed by atoms with van der Waals surface area (Å²) >= 11 is 0. The lowest BCUT2D eigenvalue weighted by molar-refractivity contribution is -0.646. The van der Waals surface area contributed by atoms with E-state index in [1.807, 2.05) is 16.9 Å². The zero-order valence-corrected chi connectivity index (χ0v) is 10.0. The minimum atomic E-state index is 1.09. The maximum Gasteiger partial charge on any atom is 0.307 e. The maximum atomic E-state index is 4.47. The number of fused-ring (bicyclic) bond motifs is 2. The standard InChI is InChI=1S/C15H12N3/c1-17-12-7-2-5-11-6-3-8-13(15(11)12)18-14(17)9-4-10-16-18/h2-10H,1H3/q+1. The third-order valence-electron chi connectivity index (χ3n) is 3.52. The number of rotatable bonds is 0. The smallest absolute Gasteiger partial charge is 0.227 e. The first-order valence-electron chi connectivity index (χ1n) is 5.99. The highest BCUT2D eigenvalue weighted by Gasteiger charge is 2.29. The number of benzene rings is 2. The van der Waals surface area contributed by atoms with Gasteiger partial charge in [-0.15, -0.1) is 0 Å². The molecule has 18 heavy (non-hydrogen) atoms. The first kappa shape index (κ1) is 9.59. The fraction of sp³-hybridized carbons (Fsp3) is 0.0667. The SMILES string of the molecule is CN1c2cccc3cccc(c23)-[n+]2ncccc21. The summed E-state index contributed by atoms with van der Waals surface area (Å²) in [6.45, 7) is 0. The molecule has 0 aliphatic carbocycles. The molecule has 0 saturated heterocycles. The second kappa shape index (κ2) is 3.29. The van der Waals surface area contributed by atoms with Crippen molar-refractivity contribution in [2.75, 3.05) is 11.9 Å². The van der Waals surface area contributed by atoms with Crippen LogP contribution in [0.25, 0.3) is 16.5 Å². The van der Waals surface area contributed by atoms with Gasteiger partial charge in [0, 0.05) is 6.07 Å². The van der Waals surface area contributed by atoms with E-state index < -0.39 is 0 Å².